The summed E-state index contributed by atoms with van der Waals surface area (Å²) in [5, 5.41) is 3.20. The van der Waals surface area contributed by atoms with Crippen LogP contribution in [0, 0.1) is 5.92 Å². The number of carbonyl (C=O) groups excluding carboxylic acids is 1. The van der Waals surface area contributed by atoms with E-state index < -0.39 is 0 Å². The van der Waals surface area contributed by atoms with Crippen molar-refractivity contribution in [2.24, 2.45) is 5.92 Å². The molecule has 16 heavy (non-hydrogen) atoms. The van der Waals surface area contributed by atoms with E-state index in [0.717, 1.165) is 6.42 Å². The Morgan fingerprint density at radius 3 is 2.69 bits per heavy atom. The van der Waals surface area contributed by atoms with E-state index in [1.54, 1.807) is 12.3 Å². The van der Waals surface area contributed by atoms with Crippen LogP contribution >= 0.6 is 0 Å². The Labute approximate surface area is 97.3 Å². The van der Waals surface area contributed by atoms with Crippen LogP contribution in [0.4, 0.5) is 5.82 Å². The molecule has 1 aromatic rings. The quantitative estimate of drug-likeness (QED) is 0.775. The normalized spacial score (nSPS) is 12.6. The van der Waals surface area contributed by atoms with Crippen molar-refractivity contribution < 1.29 is 4.79 Å². The van der Waals surface area contributed by atoms with E-state index in [1.165, 1.54) is 0 Å². The predicted molar refractivity (Wildman–Crippen MR) is 66.8 cm³/mol. The van der Waals surface area contributed by atoms with Gasteiger partial charge in [0, 0.05) is 18.2 Å². The molecule has 1 rings (SSSR count). The Morgan fingerprint density at radius 1 is 1.44 bits per heavy atom. The molecule has 3 nitrogen and oxygen atoms in total. The smallest absolute Gasteiger partial charge is 0.169 e. The molecule has 1 heterocycles. The molecule has 0 aromatic carbocycles. The highest BCUT2D eigenvalue weighted by Gasteiger charge is 2.17. The van der Waals surface area contributed by atoms with Crippen molar-refractivity contribution in [1.29, 1.82) is 0 Å². The second-order valence-electron chi connectivity index (χ2n) is 4.37. The average Bonchev–Trinajstić information content (AvgIpc) is 2.27. The van der Waals surface area contributed by atoms with Crippen LogP contribution in [0.2, 0.25) is 0 Å². The van der Waals surface area contributed by atoms with Gasteiger partial charge in [0.15, 0.2) is 5.78 Å². The highest BCUT2D eigenvalue weighted by Crippen LogP contribution is 2.18. The first-order valence-corrected chi connectivity index (χ1v) is 5.82. The summed E-state index contributed by atoms with van der Waals surface area (Å²) in [6, 6.07) is 3.92. The zero-order valence-electron chi connectivity index (χ0n) is 10.4. The van der Waals surface area contributed by atoms with Crippen molar-refractivity contribution >= 4 is 11.6 Å². The molecule has 0 saturated heterocycles. The van der Waals surface area contributed by atoms with Gasteiger partial charge in [-0.2, -0.15) is 0 Å². The first-order valence-electron chi connectivity index (χ1n) is 5.82. The maximum atomic E-state index is 12.1. The first-order chi connectivity index (χ1) is 7.56. The Hall–Kier alpha value is -1.38. The van der Waals surface area contributed by atoms with Gasteiger partial charge in [-0.15, -0.1) is 0 Å². The lowest BCUT2D eigenvalue weighted by Gasteiger charge is -2.14. The lowest BCUT2D eigenvalue weighted by atomic mass is 9.97. The number of nitrogens with zero attached hydrogens (tertiary/aromatic N) is 1. The van der Waals surface area contributed by atoms with E-state index in [9.17, 15) is 4.79 Å². The van der Waals surface area contributed by atoms with Gasteiger partial charge in [-0.05, 0) is 32.4 Å². The zero-order valence-corrected chi connectivity index (χ0v) is 10.4. The van der Waals surface area contributed by atoms with E-state index in [0.29, 0.717) is 11.4 Å². The summed E-state index contributed by atoms with van der Waals surface area (Å²) >= 11 is 0. The highest BCUT2D eigenvalue weighted by molar-refractivity contribution is 6.01. The van der Waals surface area contributed by atoms with Gasteiger partial charge >= 0.3 is 0 Å². The average molecular weight is 220 g/mol. The van der Waals surface area contributed by atoms with Crippen molar-refractivity contribution in [2.75, 3.05) is 5.32 Å². The van der Waals surface area contributed by atoms with E-state index in [-0.39, 0.29) is 17.7 Å². The van der Waals surface area contributed by atoms with Gasteiger partial charge in [0.1, 0.15) is 5.82 Å². The van der Waals surface area contributed by atoms with Crippen molar-refractivity contribution in [3.05, 3.63) is 23.9 Å². The Morgan fingerprint density at radius 2 is 2.12 bits per heavy atom. The van der Waals surface area contributed by atoms with Gasteiger partial charge in [-0.1, -0.05) is 13.8 Å². The van der Waals surface area contributed by atoms with Gasteiger partial charge in [0.05, 0.1) is 5.56 Å². The second-order valence-corrected chi connectivity index (χ2v) is 4.37. The van der Waals surface area contributed by atoms with Crippen molar-refractivity contribution in [1.82, 2.24) is 4.98 Å². The lowest BCUT2D eigenvalue weighted by molar-refractivity contribution is 0.0928. The number of rotatable bonds is 5. The number of ketones is 1. The maximum Gasteiger partial charge on any atom is 0.169 e. The van der Waals surface area contributed by atoms with Gasteiger partial charge in [-0.3, -0.25) is 4.79 Å². The molecule has 0 aliphatic heterocycles. The fourth-order valence-electron chi connectivity index (χ4n) is 1.44. The summed E-state index contributed by atoms with van der Waals surface area (Å²) in [5.74, 6) is 0.915. The Kier molecular flexibility index (Phi) is 4.47. The molecule has 0 saturated carbocycles. The molecule has 0 radical (unpaired) electrons. The van der Waals surface area contributed by atoms with E-state index >= 15 is 0 Å². The molecule has 0 aliphatic rings. The summed E-state index contributed by atoms with van der Waals surface area (Å²) in [6.07, 6.45) is 2.56. The fourth-order valence-corrected chi connectivity index (χ4v) is 1.44. The Bertz CT molecular complexity index is 361. The SMILES string of the molecule is CCC(C)C(=O)c1cccnc1NC(C)C. The number of Topliss-reactive ketones (excluding diaryl/α,β-unsaturated/α-hetero) is 1. The summed E-state index contributed by atoms with van der Waals surface area (Å²) in [5.41, 5.74) is 0.700. The monoisotopic (exact) mass is 220 g/mol. The lowest BCUT2D eigenvalue weighted by Crippen LogP contribution is -2.17. The molecule has 0 spiro atoms. The number of aromatic nitrogens is 1. The molecular formula is C13H20N2O. The number of hydrogen-bond acceptors (Lipinski definition) is 3. The predicted octanol–water partition coefficient (Wildman–Crippen LogP) is 3.13. The standard InChI is InChI=1S/C13H20N2O/c1-5-10(4)12(16)11-7-6-8-14-13(11)15-9(2)3/h6-10H,5H2,1-4H3,(H,14,15). The van der Waals surface area contributed by atoms with Crippen LogP contribution in [0.15, 0.2) is 18.3 Å². The van der Waals surface area contributed by atoms with E-state index in [2.05, 4.69) is 10.3 Å². The van der Waals surface area contributed by atoms with Gasteiger partial charge in [0.25, 0.3) is 0 Å². The number of carbonyl (C=O) groups is 1. The number of nitrogens with one attached hydrogen (secondary N) is 1. The molecular weight excluding hydrogens is 200 g/mol. The second kappa shape index (κ2) is 5.64. The Balaban J connectivity index is 2.98. The summed E-state index contributed by atoms with van der Waals surface area (Å²) < 4.78 is 0. The molecule has 1 atom stereocenters. The van der Waals surface area contributed by atoms with Crippen LogP contribution in [0.25, 0.3) is 0 Å². The molecule has 88 valence electrons. The minimum atomic E-state index is 0.0527. The largest absolute Gasteiger partial charge is 0.367 e. The summed E-state index contributed by atoms with van der Waals surface area (Å²) in [6.45, 7) is 8.04. The first kappa shape index (κ1) is 12.7. The molecule has 0 amide bonds. The molecule has 0 bridgehead atoms. The molecule has 1 N–H and O–H groups in total. The van der Waals surface area contributed by atoms with Crippen LogP contribution in [0.5, 0.6) is 0 Å². The van der Waals surface area contributed by atoms with Gasteiger partial charge < -0.3 is 5.32 Å². The molecule has 0 aliphatic carbocycles. The maximum absolute atomic E-state index is 12.1. The number of hydrogen-bond donors (Lipinski definition) is 1. The third-order valence-electron chi connectivity index (χ3n) is 2.56. The van der Waals surface area contributed by atoms with Crippen LogP contribution in [0.1, 0.15) is 44.5 Å². The molecule has 3 heteroatoms. The minimum absolute atomic E-state index is 0.0527. The van der Waals surface area contributed by atoms with Crippen molar-refractivity contribution in [3.63, 3.8) is 0 Å². The van der Waals surface area contributed by atoms with E-state index in [1.807, 2.05) is 33.8 Å². The minimum Gasteiger partial charge on any atom is -0.367 e. The van der Waals surface area contributed by atoms with Gasteiger partial charge in [-0.25, -0.2) is 4.98 Å². The van der Waals surface area contributed by atoms with Gasteiger partial charge in [0.2, 0.25) is 0 Å². The number of anilines is 1. The van der Waals surface area contributed by atoms with Crippen molar-refractivity contribution in [2.45, 2.75) is 40.2 Å². The summed E-state index contributed by atoms with van der Waals surface area (Å²) in [4.78, 5) is 16.3. The highest BCUT2D eigenvalue weighted by atomic mass is 16.1. The van der Waals surface area contributed by atoms with Crippen molar-refractivity contribution in [3.8, 4) is 0 Å². The van der Waals surface area contributed by atoms with Crippen LogP contribution in [0.3, 0.4) is 0 Å². The molecule has 0 fully saturated rings. The zero-order chi connectivity index (χ0) is 12.1. The van der Waals surface area contributed by atoms with Crippen LogP contribution in [-0.4, -0.2) is 16.8 Å². The number of pyridine rings is 1. The topological polar surface area (TPSA) is 42.0 Å². The summed E-state index contributed by atoms with van der Waals surface area (Å²) in [7, 11) is 0. The van der Waals surface area contributed by atoms with Crippen LogP contribution < -0.4 is 5.32 Å². The van der Waals surface area contributed by atoms with E-state index in [4.69, 9.17) is 0 Å². The van der Waals surface area contributed by atoms with Crippen LogP contribution in [-0.2, 0) is 0 Å². The molecule has 1 aromatic heterocycles. The fraction of sp³-hybridized carbons (Fsp3) is 0.538. The molecule has 1 unspecified atom stereocenters. The third kappa shape index (κ3) is 3.05. The third-order valence-corrected chi connectivity index (χ3v) is 2.56.